The minimum atomic E-state index is 0. The van der Waals surface area contributed by atoms with Crippen molar-refractivity contribution in [2.75, 3.05) is 19.7 Å². The third kappa shape index (κ3) is 2.20. The van der Waals surface area contributed by atoms with Crippen LogP contribution in [0.25, 0.3) is 0 Å². The topological polar surface area (TPSA) is 21.3 Å². The van der Waals surface area contributed by atoms with Crippen molar-refractivity contribution in [3.05, 3.63) is 29.8 Å². The van der Waals surface area contributed by atoms with Gasteiger partial charge in [0.05, 0.1) is 6.61 Å². The molecule has 0 bridgehead atoms. The standard InChI is InChI=1S/C11H15NO.ClH/c1-2-13-11-6-4-3-5-10(11)9-7-12-8-9;/h3-6,9,12H,2,7-8H2,1H3;1H. The van der Waals surface area contributed by atoms with Crippen molar-refractivity contribution in [3.63, 3.8) is 0 Å². The molecule has 0 amide bonds. The first kappa shape index (κ1) is 11.3. The summed E-state index contributed by atoms with van der Waals surface area (Å²) in [7, 11) is 0. The fourth-order valence-electron chi connectivity index (χ4n) is 1.61. The normalized spacial score (nSPS) is 15.5. The summed E-state index contributed by atoms with van der Waals surface area (Å²) >= 11 is 0. The number of benzene rings is 1. The molecule has 1 aromatic rings. The lowest BCUT2D eigenvalue weighted by Crippen LogP contribution is -2.40. The van der Waals surface area contributed by atoms with Gasteiger partial charge in [0.15, 0.2) is 0 Å². The number of rotatable bonds is 3. The summed E-state index contributed by atoms with van der Waals surface area (Å²) in [5.74, 6) is 1.71. The van der Waals surface area contributed by atoms with Gasteiger partial charge >= 0.3 is 0 Å². The Morgan fingerprint density at radius 1 is 1.36 bits per heavy atom. The fraction of sp³-hybridized carbons (Fsp3) is 0.455. The van der Waals surface area contributed by atoms with Crippen molar-refractivity contribution >= 4 is 12.4 Å². The van der Waals surface area contributed by atoms with Crippen LogP contribution in [0.4, 0.5) is 0 Å². The van der Waals surface area contributed by atoms with Gasteiger partial charge in [0.1, 0.15) is 5.75 Å². The molecule has 0 aromatic heterocycles. The summed E-state index contributed by atoms with van der Waals surface area (Å²) in [6, 6.07) is 8.32. The molecule has 1 saturated heterocycles. The molecule has 1 N–H and O–H groups in total. The predicted octanol–water partition coefficient (Wildman–Crippen LogP) is 2.19. The van der Waals surface area contributed by atoms with Gasteiger partial charge in [-0.15, -0.1) is 12.4 Å². The lowest BCUT2D eigenvalue weighted by molar-refractivity contribution is 0.327. The van der Waals surface area contributed by atoms with E-state index in [4.69, 9.17) is 4.74 Å². The van der Waals surface area contributed by atoms with E-state index in [2.05, 4.69) is 23.5 Å². The minimum absolute atomic E-state index is 0. The van der Waals surface area contributed by atoms with E-state index in [9.17, 15) is 0 Å². The van der Waals surface area contributed by atoms with Crippen LogP contribution < -0.4 is 10.1 Å². The van der Waals surface area contributed by atoms with Crippen molar-refractivity contribution in [1.82, 2.24) is 5.32 Å². The Balaban J connectivity index is 0.000000980. The van der Waals surface area contributed by atoms with Crippen LogP contribution in [0.1, 0.15) is 18.4 Å². The van der Waals surface area contributed by atoms with E-state index in [0.29, 0.717) is 5.92 Å². The van der Waals surface area contributed by atoms with Gasteiger partial charge in [-0.3, -0.25) is 0 Å². The first-order chi connectivity index (χ1) is 6.42. The number of hydrogen-bond acceptors (Lipinski definition) is 2. The molecule has 1 fully saturated rings. The van der Waals surface area contributed by atoms with Crippen LogP contribution in [-0.4, -0.2) is 19.7 Å². The van der Waals surface area contributed by atoms with Crippen LogP contribution in [0.15, 0.2) is 24.3 Å². The van der Waals surface area contributed by atoms with E-state index in [1.807, 2.05) is 13.0 Å². The van der Waals surface area contributed by atoms with Gasteiger partial charge in [0.25, 0.3) is 0 Å². The second-order valence-corrected chi connectivity index (χ2v) is 3.33. The molecule has 1 aliphatic heterocycles. The van der Waals surface area contributed by atoms with Gasteiger partial charge in [-0.1, -0.05) is 18.2 Å². The molecule has 78 valence electrons. The Bertz CT molecular complexity index is 286. The van der Waals surface area contributed by atoms with Gasteiger partial charge in [-0.05, 0) is 18.6 Å². The number of halogens is 1. The van der Waals surface area contributed by atoms with Gasteiger partial charge in [0, 0.05) is 19.0 Å². The molecule has 0 spiro atoms. The molecular weight excluding hydrogens is 198 g/mol. The van der Waals surface area contributed by atoms with E-state index in [-0.39, 0.29) is 12.4 Å². The summed E-state index contributed by atoms with van der Waals surface area (Å²) in [6.07, 6.45) is 0. The van der Waals surface area contributed by atoms with Crippen LogP contribution in [0.2, 0.25) is 0 Å². The van der Waals surface area contributed by atoms with E-state index >= 15 is 0 Å². The third-order valence-electron chi connectivity index (χ3n) is 2.44. The van der Waals surface area contributed by atoms with Crippen molar-refractivity contribution in [1.29, 1.82) is 0 Å². The number of nitrogens with one attached hydrogen (secondary N) is 1. The molecule has 0 unspecified atom stereocenters. The van der Waals surface area contributed by atoms with Gasteiger partial charge < -0.3 is 10.1 Å². The van der Waals surface area contributed by atoms with E-state index in [1.165, 1.54) is 5.56 Å². The molecule has 0 atom stereocenters. The fourth-order valence-corrected chi connectivity index (χ4v) is 1.61. The highest BCUT2D eigenvalue weighted by Gasteiger charge is 2.21. The summed E-state index contributed by atoms with van der Waals surface area (Å²) < 4.78 is 5.57. The third-order valence-corrected chi connectivity index (χ3v) is 2.44. The molecule has 0 radical (unpaired) electrons. The average molecular weight is 214 g/mol. The van der Waals surface area contributed by atoms with E-state index in [1.54, 1.807) is 0 Å². The highest BCUT2D eigenvalue weighted by Crippen LogP contribution is 2.28. The van der Waals surface area contributed by atoms with Gasteiger partial charge in [0.2, 0.25) is 0 Å². The molecule has 1 aliphatic rings. The maximum atomic E-state index is 5.57. The lowest BCUT2D eigenvalue weighted by Gasteiger charge is -2.28. The van der Waals surface area contributed by atoms with Crippen LogP contribution in [0, 0.1) is 0 Å². The molecule has 2 rings (SSSR count). The molecule has 1 heterocycles. The van der Waals surface area contributed by atoms with Crippen molar-refractivity contribution in [2.45, 2.75) is 12.8 Å². The van der Waals surface area contributed by atoms with Crippen molar-refractivity contribution < 1.29 is 4.74 Å². The first-order valence-corrected chi connectivity index (χ1v) is 4.84. The summed E-state index contributed by atoms with van der Waals surface area (Å²) in [6.45, 7) is 4.95. The van der Waals surface area contributed by atoms with Crippen LogP contribution in [-0.2, 0) is 0 Å². The maximum Gasteiger partial charge on any atom is 0.122 e. The molecule has 1 aromatic carbocycles. The maximum absolute atomic E-state index is 5.57. The van der Waals surface area contributed by atoms with Crippen LogP contribution in [0.3, 0.4) is 0 Å². The molecule has 2 nitrogen and oxygen atoms in total. The molecule has 0 saturated carbocycles. The van der Waals surface area contributed by atoms with Gasteiger partial charge in [-0.2, -0.15) is 0 Å². The zero-order chi connectivity index (χ0) is 9.10. The quantitative estimate of drug-likeness (QED) is 0.831. The van der Waals surface area contributed by atoms with E-state index in [0.717, 1.165) is 25.4 Å². The highest BCUT2D eigenvalue weighted by atomic mass is 35.5. The lowest BCUT2D eigenvalue weighted by atomic mass is 9.93. The smallest absolute Gasteiger partial charge is 0.122 e. The Morgan fingerprint density at radius 2 is 2.07 bits per heavy atom. The van der Waals surface area contributed by atoms with Gasteiger partial charge in [-0.25, -0.2) is 0 Å². The number of ether oxygens (including phenoxy) is 1. The Labute approximate surface area is 91.1 Å². The minimum Gasteiger partial charge on any atom is -0.494 e. The van der Waals surface area contributed by atoms with Crippen LogP contribution >= 0.6 is 12.4 Å². The second-order valence-electron chi connectivity index (χ2n) is 3.33. The highest BCUT2D eigenvalue weighted by molar-refractivity contribution is 5.85. The Hall–Kier alpha value is -0.730. The summed E-state index contributed by atoms with van der Waals surface area (Å²) in [5, 5.41) is 3.27. The van der Waals surface area contributed by atoms with Crippen molar-refractivity contribution in [2.24, 2.45) is 0 Å². The summed E-state index contributed by atoms with van der Waals surface area (Å²) in [4.78, 5) is 0. The monoisotopic (exact) mass is 213 g/mol. The molecular formula is C11H16ClNO. The second kappa shape index (κ2) is 5.23. The van der Waals surface area contributed by atoms with Crippen molar-refractivity contribution in [3.8, 4) is 5.75 Å². The molecule has 14 heavy (non-hydrogen) atoms. The largest absolute Gasteiger partial charge is 0.494 e. The zero-order valence-electron chi connectivity index (χ0n) is 8.32. The Morgan fingerprint density at radius 3 is 2.64 bits per heavy atom. The molecule has 0 aliphatic carbocycles. The molecule has 3 heteroatoms. The summed E-state index contributed by atoms with van der Waals surface area (Å²) in [5.41, 5.74) is 1.35. The average Bonchev–Trinajstić information content (AvgIpc) is 2.05. The SMILES string of the molecule is CCOc1ccccc1C1CNC1.Cl. The van der Waals surface area contributed by atoms with Crippen LogP contribution in [0.5, 0.6) is 5.75 Å². The number of hydrogen-bond donors (Lipinski definition) is 1. The zero-order valence-corrected chi connectivity index (χ0v) is 9.14. The van der Waals surface area contributed by atoms with E-state index < -0.39 is 0 Å². The first-order valence-electron chi connectivity index (χ1n) is 4.84. The predicted molar refractivity (Wildman–Crippen MR) is 60.5 cm³/mol. The Kier molecular flexibility index (Phi) is 4.23. The number of para-hydroxylation sites is 1.